The average Bonchev–Trinajstić information content (AvgIpc) is 3.01. The van der Waals surface area contributed by atoms with Gasteiger partial charge in [0.1, 0.15) is 11.5 Å². The molecule has 0 aliphatic rings. The van der Waals surface area contributed by atoms with Gasteiger partial charge in [-0.2, -0.15) is 0 Å². The van der Waals surface area contributed by atoms with E-state index >= 15 is 0 Å². The van der Waals surface area contributed by atoms with Gasteiger partial charge in [0, 0.05) is 17.9 Å². The Bertz CT molecular complexity index is 691. The number of aryl methyl sites for hydroxylation is 1. The van der Waals surface area contributed by atoms with Crippen molar-refractivity contribution in [1.82, 2.24) is 9.72 Å². The first-order chi connectivity index (χ1) is 9.22. The van der Waals surface area contributed by atoms with Crippen molar-refractivity contribution in [2.24, 2.45) is 0 Å². The van der Waals surface area contributed by atoms with Gasteiger partial charge in [-0.25, -0.2) is 0 Å². The van der Waals surface area contributed by atoms with Crippen LogP contribution in [0.1, 0.15) is 21.9 Å². The van der Waals surface area contributed by atoms with E-state index in [0.29, 0.717) is 12.1 Å². The molecule has 0 aliphatic heterocycles. The van der Waals surface area contributed by atoms with Crippen LogP contribution in [-0.2, 0) is 6.54 Å². The molecule has 0 unspecified atom stereocenters. The molecule has 1 amide bonds. The van der Waals surface area contributed by atoms with Crippen molar-refractivity contribution in [2.75, 3.05) is 0 Å². The molecule has 0 aliphatic carbocycles. The Morgan fingerprint density at radius 3 is 2.95 bits per heavy atom. The van der Waals surface area contributed by atoms with E-state index in [1.165, 1.54) is 0 Å². The Morgan fingerprint density at radius 1 is 1.32 bits per heavy atom. The number of pyridine rings is 1. The van der Waals surface area contributed by atoms with Gasteiger partial charge < -0.3 is 14.1 Å². The summed E-state index contributed by atoms with van der Waals surface area (Å²) < 4.78 is 7.33. The third-order valence-electron chi connectivity index (χ3n) is 2.99. The second kappa shape index (κ2) is 4.65. The molecule has 0 aromatic carbocycles. The van der Waals surface area contributed by atoms with E-state index in [1.54, 1.807) is 0 Å². The molecule has 0 saturated heterocycles. The Balaban J connectivity index is 1.73. The molecule has 0 atom stereocenters. The molecular weight excluding hydrogens is 240 g/mol. The van der Waals surface area contributed by atoms with Crippen molar-refractivity contribution in [3.63, 3.8) is 0 Å². The summed E-state index contributed by atoms with van der Waals surface area (Å²) in [6.45, 7) is 2.28. The highest BCUT2D eigenvalue weighted by Gasteiger charge is 2.09. The highest BCUT2D eigenvalue weighted by atomic mass is 16.3. The second-order valence-corrected chi connectivity index (χ2v) is 4.46. The molecule has 0 radical (unpaired) electrons. The number of carbonyl (C=O) groups is 1. The maximum absolute atomic E-state index is 12.0. The minimum Gasteiger partial charge on any atom is -0.465 e. The average molecular weight is 254 g/mol. The molecule has 3 heterocycles. The largest absolute Gasteiger partial charge is 0.465 e. The van der Waals surface area contributed by atoms with Crippen LogP contribution in [0.2, 0.25) is 0 Å². The Kier molecular flexibility index (Phi) is 2.83. The predicted molar refractivity (Wildman–Crippen MR) is 72.0 cm³/mol. The summed E-state index contributed by atoms with van der Waals surface area (Å²) in [4.78, 5) is 12.0. The lowest BCUT2D eigenvalue weighted by atomic mass is 10.3. The lowest BCUT2D eigenvalue weighted by Gasteiger charge is -2.00. The summed E-state index contributed by atoms with van der Waals surface area (Å²) in [7, 11) is 0. The van der Waals surface area contributed by atoms with E-state index < -0.39 is 0 Å². The highest BCUT2D eigenvalue weighted by Crippen LogP contribution is 2.10. The number of amides is 1. The van der Waals surface area contributed by atoms with E-state index in [2.05, 4.69) is 5.32 Å². The zero-order valence-corrected chi connectivity index (χ0v) is 10.6. The molecule has 4 heteroatoms. The Hall–Kier alpha value is -2.49. The van der Waals surface area contributed by atoms with Crippen molar-refractivity contribution < 1.29 is 9.21 Å². The first-order valence-corrected chi connectivity index (χ1v) is 6.12. The Labute approximate surface area is 110 Å². The van der Waals surface area contributed by atoms with Gasteiger partial charge in [-0.15, -0.1) is 0 Å². The van der Waals surface area contributed by atoms with Crippen molar-refractivity contribution >= 4 is 11.4 Å². The number of rotatable bonds is 3. The molecule has 4 nitrogen and oxygen atoms in total. The molecular formula is C15H14N2O2. The SMILES string of the molecule is Cc1ccc(CNC(=O)c2cc3ccccn3c2)o1. The molecule has 0 bridgehead atoms. The number of nitrogens with zero attached hydrogens (tertiary/aromatic N) is 1. The van der Waals surface area contributed by atoms with Crippen LogP contribution in [0.3, 0.4) is 0 Å². The minimum absolute atomic E-state index is 0.0993. The second-order valence-electron chi connectivity index (χ2n) is 4.46. The summed E-state index contributed by atoms with van der Waals surface area (Å²) in [6, 6.07) is 11.5. The summed E-state index contributed by atoms with van der Waals surface area (Å²) >= 11 is 0. The third kappa shape index (κ3) is 2.38. The fraction of sp³-hybridized carbons (Fsp3) is 0.133. The normalized spacial score (nSPS) is 10.8. The molecule has 3 aromatic heterocycles. The van der Waals surface area contributed by atoms with E-state index in [0.717, 1.165) is 17.0 Å². The molecule has 0 fully saturated rings. The van der Waals surface area contributed by atoms with Gasteiger partial charge >= 0.3 is 0 Å². The quantitative estimate of drug-likeness (QED) is 0.781. The smallest absolute Gasteiger partial charge is 0.253 e. The number of fused-ring (bicyclic) bond motifs is 1. The van der Waals surface area contributed by atoms with Gasteiger partial charge in [-0.1, -0.05) is 6.07 Å². The van der Waals surface area contributed by atoms with Crippen LogP contribution in [0.4, 0.5) is 0 Å². The zero-order chi connectivity index (χ0) is 13.2. The van der Waals surface area contributed by atoms with E-state index in [1.807, 2.05) is 60.1 Å². The Morgan fingerprint density at radius 2 is 2.21 bits per heavy atom. The first kappa shape index (κ1) is 11.6. The molecule has 3 aromatic rings. The van der Waals surface area contributed by atoms with Gasteiger partial charge in [-0.3, -0.25) is 4.79 Å². The van der Waals surface area contributed by atoms with Crippen LogP contribution in [0.15, 0.2) is 53.2 Å². The number of hydrogen-bond donors (Lipinski definition) is 1. The number of furan rings is 1. The van der Waals surface area contributed by atoms with Crippen LogP contribution >= 0.6 is 0 Å². The van der Waals surface area contributed by atoms with Gasteiger partial charge in [-0.05, 0) is 37.3 Å². The summed E-state index contributed by atoms with van der Waals surface area (Å²) in [5.74, 6) is 1.51. The van der Waals surface area contributed by atoms with Gasteiger partial charge in [0.2, 0.25) is 0 Å². The predicted octanol–water partition coefficient (Wildman–Crippen LogP) is 2.77. The molecule has 96 valence electrons. The fourth-order valence-corrected chi connectivity index (χ4v) is 2.03. The van der Waals surface area contributed by atoms with Crippen molar-refractivity contribution in [2.45, 2.75) is 13.5 Å². The summed E-state index contributed by atoms with van der Waals surface area (Å²) in [5, 5.41) is 2.84. The van der Waals surface area contributed by atoms with Crippen molar-refractivity contribution in [1.29, 1.82) is 0 Å². The number of nitrogens with one attached hydrogen (secondary N) is 1. The molecule has 0 spiro atoms. The van der Waals surface area contributed by atoms with Crippen molar-refractivity contribution in [3.8, 4) is 0 Å². The van der Waals surface area contributed by atoms with E-state index in [4.69, 9.17) is 4.42 Å². The third-order valence-corrected chi connectivity index (χ3v) is 2.99. The fourth-order valence-electron chi connectivity index (χ4n) is 2.03. The minimum atomic E-state index is -0.0993. The maximum Gasteiger partial charge on any atom is 0.253 e. The van der Waals surface area contributed by atoms with Crippen LogP contribution in [0.25, 0.3) is 5.52 Å². The van der Waals surface area contributed by atoms with Gasteiger partial charge in [0.05, 0.1) is 12.1 Å². The van der Waals surface area contributed by atoms with Crippen LogP contribution in [0, 0.1) is 6.92 Å². The number of carbonyl (C=O) groups excluding carboxylic acids is 1. The maximum atomic E-state index is 12.0. The summed E-state index contributed by atoms with van der Waals surface area (Å²) in [6.07, 6.45) is 3.74. The highest BCUT2D eigenvalue weighted by molar-refractivity contribution is 5.95. The number of aromatic nitrogens is 1. The topological polar surface area (TPSA) is 46.7 Å². The number of hydrogen-bond acceptors (Lipinski definition) is 2. The zero-order valence-electron chi connectivity index (χ0n) is 10.6. The lowest BCUT2D eigenvalue weighted by Crippen LogP contribution is -2.21. The van der Waals surface area contributed by atoms with Crippen LogP contribution < -0.4 is 5.32 Å². The molecule has 3 rings (SSSR count). The molecule has 0 saturated carbocycles. The van der Waals surface area contributed by atoms with Crippen LogP contribution in [-0.4, -0.2) is 10.3 Å². The first-order valence-electron chi connectivity index (χ1n) is 6.12. The van der Waals surface area contributed by atoms with E-state index in [9.17, 15) is 4.79 Å². The summed E-state index contributed by atoms with van der Waals surface area (Å²) in [5.41, 5.74) is 1.65. The van der Waals surface area contributed by atoms with Gasteiger partial charge in [0.25, 0.3) is 5.91 Å². The van der Waals surface area contributed by atoms with Crippen LogP contribution in [0.5, 0.6) is 0 Å². The molecule has 1 N–H and O–H groups in total. The van der Waals surface area contributed by atoms with Crippen molar-refractivity contribution in [3.05, 3.63) is 65.9 Å². The standard InChI is InChI=1S/C15H14N2O2/c1-11-5-6-14(19-11)9-16-15(18)12-8-13-4-2-3-7-17(13)10-12/h2-8,10H,9H2,1H3,(H,16,18). The van der Waals surface area contributed by atoms with Gasteiger partial charge in [0.15, 0.2) is 0 Å². The monoisotopic (exact) mass is 254 g/mol. The molecule has 19 heavy (non-hydrogen) atoms. The lowest BCUT2D eigenvalue weighted by molar-refractivity contribution is 0.0948. The van der Waals surface area contributed by atoms with E-state index in [-0.39, 0.29) is 5.91 Å².